The molecule has 0 aliphatic heterocycles. The number of Topliss-reactive ketones (excluding diaryl/α,β-unsaturated/α-hetero) is 2. The van der Waals surface area contributed by atoms with Crippen molar-refractivity contribution in [1.29, 1.82) is 0 Å². The Morgan fingerprint density at radius 2 is 1.82 bits per heavy atom. The lowest BCUT2D eigenvalue weighted by molar-refractivity contribution is 0.0931. The van der Waals surface area contributed by atoms with Gasteiger partial charge in [-0.05, 0) is 31.0 Å². The number of benzene rings is 1. The molecular weight excluding hydrogens is 282 g/mol. The summed E-state index contributed by atoms with van der Waals surface area (Å²) in [5, 5.41) is 10.8. The third-order valence-corrected chi connectivity index (χ3v) is 3.54. The Kier molecular flexibility index (Phi) is 4.17. The monoisotopic (exact) mass is 301 g/mol. The van der Waals surface area contributed by atoms with Crippen molar-refractivity contribution in [1.82, 2.24) is 4.57 Å². The highest BCUT2D eigenvalue weighted by Crippen LogP contribution is 2.33. The topological polar surface area (TPSA) is 76.4 Å². The third-order valence-electron chi connectivity index (χ3n) is 3.54. The molecule has 0 bridgehead atoms. The van der Waals surface area contributed by atoms with Crippen molar-refractivity contribution >= 4 is 28.4 Å². The van der Waals surface area contributed by atoms with Gasteiger partial charge in [0, 0.05) is 24.3 Å². The maximum Gasteiger partial charge on any atom is 0.230 e. The van der Waals surface area contributed by atoms with Gasteiger partial charge in [0.1, 0.15) is 0 Å². The Hall–Kier alpha value is -2.43. The Balaban J connectivity index is 2.79. The number of ketones is 2. The van der Waals surface area contributed by atoms with Crippen LogP contribution in [-0.4, -0.2) is 27.1 Å². The van der Waals surface area contributed by atoms with Gasteiger partial charge in [-0.25, -0.2) is 0 Å². The molecule has 0 amide bonds. The van der Waals surface area contributed by atoms with Crippen LogP contribution in [0.1, 0.15) is 59.6 Å². The number of aromatic hydroxyl groups is 1. The van der Waals surface area contributed by atoms with Gasteiger partial charge < -0.3 is 5.11 Å². The van der Waals surface area contributed by atoms with Gasteiger partial charge in [0.25, 0.3) is 0 Å². The van der Waals surface area contributed by atoms with Crippen LogP contribution in [0, 0.1) is 5.92 Å². The van der Waals surface area contributed by atoms with Crippen LogP contribution in [0.5, 0.6) is 5.88 Å². The number of hydrogen-bond acceptors (Lipinski definition) is 4. The first-order valence-electron chi connectivity index (χ1n) is 7.16. The second-order valence-corrected chi connectivity index (χ2v) is 5.86. The first-order valence-corrected chi connectivity index (χ1v) is 7.16. The fourth-order valence-corrected chi connectivity index (χ4v) is 2.56. The van der Waals surface area contributed by atoms with E-state index in [2.05, 4.69) is 0 Å². The van der Waals surface area contributed by atoms with E-state index in [-0.39, 0.29) is 41.3 Å². The van der Waals surface area contributed by atoms with Crippen LogP contribution in [0.25, 0.3) is 10.9 Å². The van der Waals surface area contributed by atoms with Crippen molar-refractivity contribution in [3.63, 3.8) is 0 Å². The van der Waals surface area contributed by atoms with Gasteiger partial charge in [-0.3, -0.25) is 19.0 Å². The zero-order valence-electron chi connectivity index (χ0n) is 13.1. The van der Waals surface area contributed by atoms with Crippen LogP contribution in [0.4, 0.5) is 0 Å². The van der Waals surface area contributed by atoms with E-state index in [1.54, 1.807) is 18.2 Å². The zero-order chi connectivity index (χ0) is 16.6. The van der Waals surface area contributed by atoms with Crippen molar-refractivity contribution in [2.75, 3.05) is 0 Å². The van der Waals surface area contributed by atoms with E-state index >= 15 is 0 Å². The Morgan fingerprint density at radius 1 is 1.18 bits per heavy atom. The van der Waals surface area contributed by atoms with E-state index < -0.39 is 0 Å². The highest BCUT2D eigenvalue weighted by molar-refractivity contribution is 6.14. The SMILES string of the molecule is CC(=O)c1ccc2c(c1)c(C(=O)CC(C)C)c(O)n2C(C)=O. The van der Waals surface area contributed by atoms with Gasteiger partial charge in [-0.2, -0.15) is 0 Å². The summed E-state index contributed by atoms with van der Waals surface area (Å²) < 4.78 is 1.10. The Bertz CT molecular complexity index is 784. The summed E-state index contributed by atoms with van der Waals surface area (Å²) in [5.41, 5.74) is 0.982. The maximum atomic E-state index is 12.4. The molecule has 1 heterocycles. The minimum absolute atomic E-state index is 0.113. The number of hydrogen-bond donors (Lipinski definition) is 1. The van der Waals surface area contributed by atoms with Gasteiger partial charge >= 0.3 is 0 Å². The van der Waals surface area contributed by atoms with Gasteiger partial charge in [0.15, 0.2) is 11.6 Å². The van der Waals surface area contributed by atoms with E-state index in [9.17, 15) is 19.5 Å². The van der Waals surface area contributed by atoms with Gasteiger partial charge in [-0.1, -0.05) is 13.8 Å². The fourth-order valence-electron chi connectivity index (χ4n) is 2.56. The van der Waals surface area contributed by atoms with E-state index in [1.807, 2.05) is 13.8 Å². The number of nitrogens with zero attached hydrogens (tertiary/aromatic N) is 1. The molecule has 116 valence electrons. The number of carbonyl (C=O) groups is 3. The molecule has 5 heteroatoms. The molecule has 0 aliphatic carbocycles. The predicted molar refractivity (Wildman–Crippen MR) is 83.7 cm³/mol. The van der Waals surface area contributed by atoms with E-state index in [4.69, 9.17) is 0 Å². The minimum Gasteiger partial charge on any atom is -0.494 e. The molecule has 0 radical (unpaired) electrons. The Morgan fingerprint density at radius 3 is 2.32 bits per heavy atom. The van der Waals surface area contributed by atoms with Gasteiger partial charge in [-0.15, -0.1) is 0 Å². The number of fused-ring (bicyclic) bond motifs is 1. The van der Waals surface area contributed by atoms with Crippen LogP contribution in [0.2, 0.25) is 0 Å². The fraction of sp³-hybridized carbons (Fsp3) is 0.353. The smallest absolute Gasteiger partial charge is 0.230 e. The van der Waals surface area contributed by atoms with Crippen LogP contribution in [0.3, 0.4) is 0 Å². The molecule has 0 aliphatic rings. The lowest BCUT2D eigenvalue weighted by atomic mass is 9.99. The lowest BCUT2D eigenvalue weighted by Gasteiger charge is -2.04. The molecule has 5 nitrogen and oxygen atoms in total. The van der Waals surface area contributed by atoms with Crippen molar-refractivity contribution in [3.8, 4) is 5.88 Å². The normalized spacial score (nSPS) is 11.1. The maximum absolute atomic E-state index is 12.4. The highest BCUT2D eigenvalue weighted by Gasteiger charge is 2.25. The van der Waals surface area contributed by atoms with Crippen LogP contribution in [-0.2, 0) is 0 Å². The van der Waals surface area contributed by atoms with Crippen molar-refractivity contribution in [3.05, 3.63) is 29.3 Å². The van der Waals surface area contributed by atoms with Crippen LogP contribution < -0.4 is 0 Å². The first kappa shape index (κ1) is 15.9. The molecule has 0 saturated heterocycles. The average molecular weight is 301 g/mol. The summed E-state index contributed by atoms with van der Waals surface area (Å²) in [4.78, 5) is 35.8. The molecule has 1 N–H and O–H groups in total. The summed E-state index contributed by atoms with van der Waals surface area (Å²) >= 11 is 0. The van der Waals surface area contributed by atoms with E-state index in [0.717, 1.165) is 4.57 Å². The Labute approximate surface area is 128 Å². The standard InChI is InChI=1S/C17H19NO4/c1-9(2)7-15(21)16-13-8-12(10(3)19)5-6-14(13)18(11(4)20)17(16)22/h5-6,8-9,22H,7H2,1-4H3. The van der Waals surface area contributed by atoms with Crippen molar-refractivity contribution in [2.24, 2.45) is 5.92 Å². The summed E-state index contributed by atoms with van der Waals surface area (Å²) in [6.45, 7) is 6.55. The summed E-state index contributed by atoms with van der Waals surface area (Å²) in [7, 11) is 0. The second kappa shape index (κ2) is 5.75. The number of aromatic nitrogens is 1. The molecule has 0 atom stereocenters. The number of carbonyl (C=O) groups excluding carboxylic acids is 3. The zero-order valence-corrected chi connectivity index (χ0v) is 13.1. The van der Waals surface area contributed by atoms with E-state index in [1.165, 1.54) is 13.8 Å². The molecule has 2 rings (SSSR count). The molecule has 1 aromatic carbocycles. The molecule has 2 aromatic rings. The summed E-state index contributed by atoms with van der Waals surface area (Å²) in [6, 6.07) is 4.73. The molecular formula is C17H19NO4. The van der Waals surface area contributed by atoms with Crippen molar-refractivity contribution in [2.45, 2.75) is 34.1 Å². The molecule has 0 saturated carbocycles. The molecule has 0 unspecified atom stereocenters. The summed E-state index contributed by atoms with van der Waals surface area (Å²) in [5.74, 6) is -0.994. The summed E-state index contributed by atoms with van der Waals surface area (Å²) in [6.07, 6.45) is 0.259. The molecule has 0 fully saturated rings. The number of rotatable bonds is 4. The molecule has 0 spiro atoms. The van der Waals surface area contributed by atoms with Gasteiger partial charge in [0.2, 0.25) is 11.8 Å². The van der Waals surface area contributed by atoms with E-state index in [0.29, 0.717) is 16.5 Å². The molecule has 22 heavy (non-hydrogen) atoms. The second-order valence-electron chi connectivity index (χ2n) is 5.86. The lowest BCUT2D eigenvalue weighted by Crippen LogP contribution is -2.06. The quantitative estimate of drug-likeness (QED) is 0.878. The average Bonchev–Trinajstić information content (AvgIpc) is 2.68. The first-order chi connectivity index (χ1) is 10.2. The predicted octanol–water partition coefficient (Wildman–Crippen LogP) is 3.44. The van der Waals surface area contributed by atoms with Crippen LogP contribution in [0.15, 0.2) is 18.2 Å². The minimum atomic E-state index is -0.387. The largest absolute Gasteiger partial charge is 0.494 e. The van der Waals surface area contributed by atoms with Crippen molar-refractivity contribution < 1.29 is 19.5 Å². The third kappa shape index (κ3) is 2.66. The molecule has 1 aromatic heterocycles. The van der Waals surface area contributed by atoms with Gasteiger partial charge in [0.05, 0.1) is 11.1 Å². The highest BCUT2D eigenvalue weighted by atomic mass is 16.3. The van der Waals surface area contributed by atoms with Crippen LogP contribution >= 0.6 is 0 Å².